The molecule has 0 unspecified atom stereocenters. The molecule has 2 rings (SSSR count). The highest BCUT2D eigenvalue weighted by molar-refractivity contribution is 6.30. The van der Waals surface area contributed by atoms with E-state index in [1.54, 1.807) is 0 Å². The fourth-order valence-corrected chi connectivity index (χ4v) is 1.56. The standard InChI is InChI=1S/C12H5ClF3N3/c13-11-8(6-17)5-10(18-19-11)7-1-3-9(4-2-7)12(14,15)16/h1-5H. The molecule has 7 heteroatoms. The molecule has 0 aliphatic rings. The third-order valence-corrected chi connectivity index (χ3v) is 2.66. The lowest BCUT2D eigenvalue weighted by Gasteiger charge is -2.07. The van der Waals surface area contributed by atoms with Crippen molar-refractivity contribution < 1.29 is 13.2 Å². The summed E-state index contributed by atoms with van der Waals surface area (Å²) in [5.41, 5.74) is 0.0774. The Morgan fingerprint density at radius 1 is 1.11 bits per heavy atom. The van der Waals surface area contributed by atoms with Crippen molar-refractivity contribution >= 4 is 11.6 Å². The molecular weight excluding hydrogens is 279 g/mol. The summed E-state index contributed by atoms with van der Waals surface area (Å²) in [5, 5.41) is 16.0. The highest BCUT2D eigenvalue weighted by Crippen LogP contribution is 2.30. The van der Waals surface area contributed by atoms with Gasteiger partial charge in [-0.3, -0.25) is 0 Å². The fraction of sp³-hybridized carbons (Fsp3) is 0.0833. The monoisotopic (exact) mass is 283 g/mol. The van der Waals surface area contributed by atoms with Crippen LogP contribution in [0.2, 0.25) is 5.15 Å². The van der Waals surface area contributed by atoms with E-state index < -0.39 is 11.7 Å². The first-order chi connectivity index (χ1) is 8.91. The number of hydrogen-bond donors (Lipinski definition) is 0. The van der Waals surface area contributed by atoms with E-state index in [1.165, 1.54) is 18.2 Å². The largest absolute Gasteiger partial charge is 0.416 e. The van der Waals surface area contributed by atoms with E-state index in [-0.39, 0.29) is 16.4 Å². The number of alkyl halides is 3. The van der Waals surface area contributed by atoms with Crippen LogP contribution in [0.1, 0.15) is 11.1 Å². The van der Waals surface area contributed by atoms with Crippen LogP contribution < -0.4 is 0 Å². The second kappa shape index (κ2) is 4.86. The molecule has 0 saturated carbocycles. The maximum atomic E-state index is 12.4. The average Bonchev–Trinajstić information content (AvgIpc) is 2.38. The minimum absolute atomic E-state index is 0.0434. The second-order valence-corrected chi connectivity index (χ2v) is 3.98. The van der Waals surface area contributed by atoms with Crippen molar-refractivity contribution in [2.24, 2.45) is 0 Å². The predicted octanol–water partition coefficient (Wildman–Crippen LogP) is 3.69. The smallest absolute Gasteiger partial charge is 0.192 e. The van der Waals surface area contributed by atoms with Crippen LogP contribution in [-0.2, 0) is 6.18 Å². The van der Waals surface area contributed by atoms with Crippen molar-refractivity contribution in [2.75, 3.05) is 0 Å². The summed E-state index contributed by atoms with van der Waals surface area (Å²) in [7, 11) is 0. The Morgan fingerprint density at radius 2 is 1.74 bits per heavy atom. The molecule has 0 bridgehead atoms. The first kappa shape index (κ1) is 13.3. The molecule has 96 valence electrons. The van der Waals surface area contributed by atoms with Gasteiger partial charge in [-0.15, -0.1) is 10.2 Å². The lowest BCUT2D eigenvalue weighted by atomic mass is 10.1. The minimum atomic E-state index is -4.39. The topological polar surface area (TPSA) is 49.6 Å². The molecule has 0 aliphatic carbocycles. The first-order valence-corrected chi connectivity index (χ1v) is 5.40. The van der Waals surface area contributed by atoms with Gasteiger partial charge in [-0.05, 0) is 18.2 Å². The number of hydrogen-bond acceptors (Lipinski definition) is 3. The highest BCUT2D eigenvalue weighted by atomic mass is 35.5. The van der Waals surface area contributed by atoms with Gasteiger partial charge in [-0.25, -0.2) is 0 Å². The lowest BCUT2D eigenvalue weighted by Crippen LogP contribution is -2.04. The van der Waals surface area contributed by atoms with Gasteiger partial charge < -0.3 is 0 Å². The van der Waals surface area contributed by atoms with Crippen molar-refractivity contribution in [1.82, 2.24) is 10.2 Å². The van der Waals surface area contributed by atoms with Gasteiger partial charge in [0, 0.05) is 5.56 Å². The van der Waals surface area contributed by atoms with E-state index >= 15 is 0 Å². The first-order valence-electron chi connectivity index (χ1n) is 5.03. The Labute approximate surface area is 111 Å². The number of benzene rings is 1. The summed E-state index contributed by atoms with van der Waals surface area (Å²) in [6.45, 7) is 0. The third kappa shape index (κ3) is 2.83. The molecule has 0 amide bonds. The minimum Gasteiger partial charge on any atom is -0.192 e. The average molecular weight is 284 g/mol. The molecule has 0 radical (unpaired) electrons. The van der Waals surface area contributed by atoms with Crippen LogP contribution >= 0.6 is 11.6 Å². The molecule has 1 aromatic heterocycles. The number of halogens is 4. The number of nitrogens with zero attached hydrogens (tertiary/aromatic N) is 3. The highest BCUT2D eigenvalue weighted by Gasteiger charge is 2.30. The molecule has 0 aliphatic heterocycles. The summed E-state index contributed by atoms with van der Waals surface area (Å²) in [6, 6.07) is 7.62. The normalized spacial score (nSPS) is 11.1. The van der Waals surface area contributed by atoms with E-state index in [0.717, 1.165) is 12.1 Å². The van der Waals surface area contributed by atoms with Gasteiger partial charge in [-0.2, -0.15) is 18.4 Å². The Balaban J connectivity index is 2.41. The lowest BCUT2D eigenvalue weighted by molar-refractivity contribution is -0.137. The Kier molecular flexibility index (Phi) is 3.40. The van der Waals surface area contributed by atoms with E-state index in [0.29, 0.717) is 5.56 Å². The van der Waals surface area contributed by atoms with Crippen LogP contribution in [-0.4, -0.2) is 10.2 Å². The summed E-state index contributed by atoms with van der Waals surface area (Å²) < 4.78 is 37.2. The van der Waals surface area contributed by atoms with Gasteiger partial charge in [0.2, 0.25) is 0 Å². The van der Waals surface area contributed by atoms with Crippen LogP contribution in [0, 0.1) is 11.3 Å². The van der Waals surface area contributed by atoms with Crippen molar-refractivity contribution in [1.29, 1.82) is 5.26 Å². The van der Waals surface area contributed by atoms with Crippen LogP contribution in [0.25, 0.3) is 11.3 Å². The van der Waals surface area contributed by atoms with Crippen molar-refractivity contribution in [2.45, 2.75) is 6.18 Å². The van der Waals surface area contributed by atoms with Gasteiger partial charge in [0.05, 0.1) is 16.8 Å². The zero-order valence-corrected chi connectivity index (χ0v) is 10.00. The van der Waals surface area contributed by atoms with Crippen molar-refractivity contribution in [3.05, 3.63) is 46.6 Å². The fourth-order valence-electron chi connectivity index (χ4n) is 1.43. The van der Waals surface area contributed by atoms with Crippen LogP contribution in [0.15, 0.2) is 30.3 Å². The molecule has 19 heavy (non-hydrogen) atoms. The van der Waals surface area contributed by atoms with E-state index in [9.17, 15) is 13.2 Å². The van der Waals surface area contributed by atoms with Gasteiger partial charge in [0.15, 0.2) is 5.15 Å². The molecule has 1 heterocycles. The summed E-state index contributed by atoms with van der Waals surface area (Å²) in [4.78, 5) is 0. The summed E-state index contributed by atoms with van der Waals surface area (Å²) in [6.07, 6.45) is -4.39. The van der Waals surface area contributed by atoms with Crippen molar-refractivity contribution in [3.63, 3.8) is 0 Å². The predicted molar refractivity (Wildman–Crippen MR) is 62.2 cm³/mol. The molecule has 1 aromatic carbocycles. The molecule has 3 nitrogen and oxygen atoms in total. The Bertz CT molecular complexity index is 645. The van der Waals surface area contributed by atoms with Crippen LogP contribution in [0.4, 0.5) is 13.2 Å². The molecule has 2 aromatic rings. The Morgan fingerprint density at radius 3 is 2.26 bits per heavy atom. The molecule has 0 N–H and O–H groups in total. The molecule has 0 spiro atoms. The van der Waals surface area contributed by atoms with Gasteiger partial charge >= 0.3 is 6.18 Å². The number of aromatic nitrogens is 2. The number of rotatable bonds is 1. The maximum absolute atomic E-state index is 12.4. The van der Waals surface area contributed by atoms with E-state index in [4.69, 9.17) is 16.9 Å². The number of nitriles is 1. The maximum Gasteiger partial charge on any atom is 0.416 e. The van der Waals surface area contributed by atoms with Gasteiger partial charge in [0.25, 0.3) is 0 Å². The zero-order valence-electron chi connectivity index (χ0n) is 9.24. The molecular formula is C12H5ClF3N3. The summed E-state index contributed by atoms with van der Waals surface area (Å²) in [5.74, 6) is 0. The van der Waals surface area contributed by atoms with E-state index in [1.807, 2.05) is 6.07 Å². The molecule has 0 atom stereocenters. The quantitative estimate of drug-likeness (QED) is 0.802. The summed E-state index contributed by atoms with van der Waals surface area (Å²) >= 11 is 5.62. The van der Waals surface area contributed by atoms with Crippen LogP contribution in [0.3, 0.4) is 0 Å². The third-order valence-electron chi connectivity index (χ3n) is 2.38. The zero-order chi connectivity index (χ0) is 14.0. The molecule has 0 fully saturated rings. The van der Waals surface area contributed by atoms with E-state index in [2.05, 4.69) is 10.2 Å². The molecule has 0 saturated heterocycles. The Hall–Kier alpha value is -2.13. The van der Waals surface area contributed by atoms with Crippen molar-refractivity contribution in [3.8, 4) is 17.3 Å². The van der Waals surface area contributed by atoms with Gasteiger partial charge in [0.1, 0.15) is 6.07 Å². The van der Waals surface area contributed by atoms with Crippen LogP contribution in [0.5, 0.6) is 0 Å². The van der Waals surface area contributed by atoms with Gasteiger partial charge in [-0.1, -0.05) is 23.7 Å². The SMILES string of the molecule is N#Cc1cc(-c2ccc(C(F)(F)F)cc2)nnc1Cl. The second-order valence-electron chi connectivity index (χ2n) is 3.62.